The molecule has 0 saturated heterocycles. The van der Waals surface area contributed by atoms with Gasteiger partial charge in [0.25, 0.3) is 0 Å². The van der Waals surface area contributed by atoms with E-state index >= 15 is 0 Å². The van der Waals surface area contributed by atoms with Gasteiger partial charge in [-0.25, -0.2) is 0 Å². The number of methoxy groups -OCH3 is 3. The Balaban J connectivity index is 2.20. The number of hydrogen-bond acceptors (Lipinski definition) is 4. The summed E-state index contributed by atoms with van der Waals surface area (Å²) in [5.41, 5.74) is 3.84. The third-order valence-corrected chi connectivity index (χ3v) is 3.93. The molecule has 2 rings (SSSR count). The number of aryl methyl sites for hydroxylation is 2. The lowest BCUT2D eigenvalue weighted by Crippen LogP contribution is -2.15. The monoisotopic (exact) mass is 329 g/mol. The van der Waals surface area contributed by atoms with Crippen LogP contribution >= 0.6 is 0 Å². The number of hydrogen-bond donors (Lipinski definition) is 1. The van der Waals surface area contributed by atoms with E-state index in [0.717, 1.165) is 16.8 Å². The van der Waals surface area contributed by atoms with E-state index in [2.05, 4.69) is 5.32 Å². The topological polar surface area (TPSA) is 56.8 Å². The van der Waals surface area contributed by atoms with E-state index in [0.29, 0.717) is 17.2 Å². The van der Waals surface area contributed by atoms with Gasteiger partial charge >= 0.3 is 0 Å². The van der Waals surface area contributed by atoms with E-state index < -0.39 is 0 Å². The van der Waals surface area contributed by atoms with Gasteiger partial charge in [-0.05, 0) is 43.2 Å². The molecule has 0 atom stereocenters. The van der Waals surface area contributed by atoms with Crippen molar-refractivity contribution in [2.45, 2.75) is 20.3 Å². The Morgan fingerprint density at radius 3 is 2.21 bits per heavy atom. The van der Waals surface area contributed by atoms with Crippen LogP contribution < -0.4 is 19.5 Å². The van der Waals surface area contributed by atoms with Gasteiger partial charge in [-0.1, -0.05) is 12.1 Å². The van der Waals surface area contributed by atoms with Crippen molar-refractivity contribution in [2.75, 3.05) is 26.6 Å². The molecule has 0 heterocycles. The molecule has 5 heteroatoms. The lowest BCUT2D eigenvalue weighted by atomic mass is 10.1. The summed E-state index contributed by atoms with van der Waals surface area (Å²) < 4.78 is 16.0. The minimum atomic E-state index is -0.122. The lowest BCUT2D eigenvalue weighted by molar-refractivity contribution is -0.115. The number of rotatable bonds is 6. The fourth-order valence-corrected chi connectivity index (χ4v) is 2.50. The quantitative estimate of drug-likeness (QED) is 0.881. The van der Waals surface area contributed by atoms with Crippen LogP contribution in [0.1, 0.15) is 16.7 Å². The summed E-state index contributed by atoms with van der Waals surface area (Å²) in [6.07, 6.45) is 0.177. The second kappa shape index (κ2) is 7.73. The maximum absolute atomic E-state index is 12.4. The predicted molar refractivity (Wildman–Crippen MR) is 94.3 cm³/mol. The molecule has 0 aliphatic heterocycles. The van der Waals surface area contributed by atoms with Gasteiger partial charge in [0, 0.05) is 11.3 Å². The number of carbonyl (C=O) groups is 1. The number of benzene rings is 2. The van der Waals surface area contributed by atoms with Crippen molar-refractivity contribution in [1.82, 2.24) is 0 Å². The first-order chi connectivity index (χ1) is 11.5. The van der Waals surface area contributed by atoms with Crippen LogP contribution in [-0.4, -0.2) is 27.2 Å². The SMILES string of the molecule is COc1ccc(CC(=O)Nc2ccc(C)c(C)c2)c(OC)c1OC. The maximum atomic E-state index is 12.4. The summed E-state index contributed by atoms with van der Waals surface area (Å²) in [5.74, 6) is 1.43. The number of amides is 1. The van der Waals surface area contributed by atoms with Crippen molar-refractivity contribution in [3.05, 3.63) is 47.0 Å². The Labute approximate surface area is 142 Å². The van der Waals surface area contributed by atoms with Crippen molar-refractivity contribution in [3.63, 3.8) is 0 Å². The molecule has 5 nitrogen and oxygen atoms in total. The highest BCUT2D eigenvalue weighted by atomic mass is 16.5. The van der Waals surface area contributed by atoms with Gasteiger partial charge in [0.15, 0.2) is 11.5 Å². The zero-order chi connectivity index (χ0) is 17.7. The van der Waals surface area contributed by atoms with Crippen LogP contribution in [-0.2, 0) is 11.2 Å². The largest absolute Gasteiger partial charge is 0.493 e. The van der Waals surface area contributed by atoms with Gasteiger partial charge in [0.05, 0.1) is 27.8 Å². The Morgan fingerprint density at radius 1 is 0.917 bits per heavy atom. The zero-order valence-corrected chi connectivity index (χ0v) is 14.7. The van der Waals surface area contributed by atoms with Crippen molar-refractivity contribution < 1.29 is 19.0 Å². The number of carbonyl (C=O) groups excluding carboxylic acids is 1. The van der Waals surface area contributed by atoms with E-state index in [1.54, 1.807) is 33.5 Å². The fraction of sp³-hybridized carbons (Fsp3) is 0.316. The van der Waals surface area contributed by atoms with Crippen molar-refractivity contribution in [2.24, 2.45) is 0 Å². The van der Waals surface area contributed by atoms with Gasteiger partial charge in [-0.15, -0.1) is 0 Å². The molecule has 2 aromatic carbocycles. The molecule has 0 fully saturated rings. The molecular weight excluding hydrogens is 306 g/mol. The summed E-state index contributed by atoms with van der Waals surface area (Å²) in [6.45, 7) is 4.05. The molecule has 0 spiro atoms. The van der Waals surface area contributed by atoms with E-state index in [9.17, 15) is 4.79 Å². The third kappa shape index (κ3) is 3.79. The number of anilines is 1. The second-order valence-electron chi connectivity index (χ2n) is 5.52. The molecule has 1 N–H and O–H groups in total. The highest BCUT2D eigenvalue weighted by Gasteiger charge is 2.17. The minimum Gasteiger partial charge on any atom is -0.493 e. The first-order valence-electron chi connectivity index (χ1n) is 7.65. The third-order valence-electron chi connectivity index (χ3n) is 3.93. The fourth-order valence-electron chi connectivity index (χ4n) is 2.50. The molecule has 0 bridgehead atoms. The summed E-state index contributed by atoms with van der Waals surface area (Å²) in [4.78, 5) is 12.4. The van der Waals surface area contributed by atoms with Crippen LogP contribution in [0, 0.1) is 13.8 Å². The molecule has 0 aromatic heterocycles. The van der Waals surface area contributed by atoms with Gasteiger partial charge in [-0.2, -0.15) is 0 Å². The van der Waals surface area contributed by atoms with E-state index in [1.165, 1.54) is 5.56 Å². The molecule has 24 heavy (non-hydrogen) atoms. The van der Waals surface area contributed by atoms with Crippen molar-refractivity contribution in [1.29, 1.82) is 0 Å². The average molecular weight is 329 g/mol. The predicted octanol–water partition coefficient (Wildman–Crippen LogP) is 3.51. The number of nitrogens with one attached hydrogen (secondary N) is 1. The van der Waals surface area contributed by atoms with Gasteiger partial charge in [-0.3, -0.25) is 4.79 Å². The summed E-state index contributed by atoms with van der Waals surface area (Å²) in [5, 5.41) is 2.91. The van der Waals surface area contributed by atoms with Crippen LogP contribution in [0.15, 0.2) is 30.3 Å². The summed E-state index contributed by atoms with van der Waals surface area (Å²) in [7, 11) is 4.64. The number of ether oxygens (including phenoxy) is 3. The molecule has 1 amide bonds. The molecule has 0 unspecified atom stereocenters. The Bertz CT molecular complexity index is 740. The Morgan fingerprint density at radius 2 is 1.62 bits per heavy atom. The highest BCUT2D eigenvalue weighted by Crippen LogP contribution is 2.39. The van der Waals surface area contributed by atoms with Crippen LogP contribution in [0.3, 0.4) is 0 Å². The van der Waals surface area contributed by atoms with Crippen LogP contribution in [0.5, 0.6) is 17.2 Å². The Kier molecular flexibility index (Phi) is 5.68. The van der Waals surface area contributed by atoms with Crippen molar-refractivity contribution in [3.8, 4) is 17.2 Å². The molecule has 0 saturated carbocycles. The molecule has 128 valence electrons. The lowest BCUT2D eigenvalue weighted by Gasteiger charge is -2.15. The van der Waals surface area contributed by atoms with Gasteiger partial charge in [0.1, 0.15) is 0 Å². The summed E-state index contributed by atoms with van der Waals surface area (Å²) >= 11 is 0. The van der Waals surface area contributed by atoms with Gasteiger partial charge < -0.3 is 19.5 Å². The van der Waals surface area contributed by atoms with Crippen LogP contribution in [0.25, 0.3) is 0 Å². The Hall–Kier alpha value is -2.69. The second-order valence-corrected chi connectivity index (χ2v) is 5.52. The highest BCUT2D eigenvalue weighted by molar-refractivity contribution is 5.93. The smallest absolute Gasteiger partial charge is 0.228 e. The standard InChI is InChI=1S/C19H23NO4/c1-12-6-8-15(10-13(12)2)20-17(21)11-14-7-9-16(22-3)19(24-5)18(14)23-4/h6-10H,11H2,1-5H3,(H,20,21). The first kappa shape index (κ1) is 17.7. The van der Waals surface area contributed by atoms with E-state index in [1.807, 2.05) is 32.0 Å². The molecule has 0 radical (unpaired) electrons. The normalized spacial score (nSPS) is 10.2. The first-order valence-corrected chi connectivity index (χ1v) is 7.65. The molecule has 0 aliphatic carbocycles. The van der Waals surface area contributed by atoms with Gasteiger partial charge in [0.2, 0.25) is 11.7 Å². The zero-order valence-electron chi connectivity index (χ0n) is 14.7. The molecule has 0 aliphatic rings. The maximum Gasteiger partial charge on any atom is 0.228 e. The molecular formula is C19H23NO4. The minimum absolute atomic E-state index is 0.122. The van der Waals surface area contributed by atoms with E-state index in [-0.39, 0.29) is 12.3 Å². The molecule has 2 aromatic rings. The van der Waals surface area contributed by atoms with Crippen LogP contribution in [0.2, 0.25) is 0 Å². The average Bonchev–Trinajstić information content (AvgIpc) is 2.57. The summed E-state index contributed by atoms with van der Waals surface area (Å²) in [6, 6.07) is 9.41. The van der Waals surface area contributed by atoms with E-state index in [4.69, 9.17) is 14.2 Å². The van der Waals surface area contributed by atoms with Crippen LogP contribution in [0.4, 0.5) is 5.69 Å². The van der Waals surface area contributed by atoms with Crippen molar-refractivity contribution >= 4 is 11.6 Å².